The van der Waals surface area contributed by atoms with E-state index in [1.807, 2.05) is 6.92 Å². The first-order valence-corrected chi connectivity index (χ1v) is 5.18. The van der Waals surface area contributed by atoms with Crippen LogP contribution in [0.2, 0.25) is 0 Å². The molecule has 0 aliphatic rings. The molecule has 0 bridgehead atoms. The number of aliphatic carboxylic acids is 1. The molecule has 0 atom stereocenters. The van der Waals surface area contributed by atoms with Gasteiger partial charge in [-0.25, -0.2) is 0 Å². The first-order valence-electron chi connectivity index (χ1n) is 5.18. The average Bonchev–Trinajstić information content (AvgIpc) is 2.07. The van der Waals surface area contributed by atoms with Gasteiger partial charge in [-0.2, -0.15) is 0 Å². The number of hydrogen-bond donors (Lipinski definition) is 1. The Balaban J connectivity index is 0. The molecule has 0 radical (unpaired) electrons. The van der Waals surface area contributed by atoms with Gasteiger partial charge in [0.15, 0.2) is 0 Å². The van der Waals surface area contributed by atoms with Crippen molar-refractivity contribution in [3.63, 3.8) is 0 Å². The number of carbonyl (C=O) groups excluding carboxylic acids is 1. The number of hydrogen-bond acceptors (Lipinski definition) is 2. The highest BCUT2D eigenvalue weighted by Crippen LogP contribution is 1.96. The summed E-state index contributed by atoms with van der Waals surface area (Å²) < 4.78 is 0. The van der Waals surface area contributed by atoms with Crippen LogP contribution in [0.15, 0.2) is 0 Å². The smallest absolute Gasteiger partial charge is 0.0739 e. The van der Waals surface area contributed by atoms with Gasteiger partial charge in [0, 0.05) is 5.97 Å². The molecule has 0 rings (SSSR count). The lowest BCUT2D eigenvalue weighted by Gasteiger charge is -1.97. The molecule has 3 heteroatoms. The van der Waals surface area contributed by atoms with E-state index in [-0.39, 0.29) is 6.42 Å². The Morgan fingerprint density at radius 2 is 1.69 bits per heavy atom. The molecule has 0 spiro atoms. The van der Waals surface area contributed by atoms with Crippen molar-refractivity contribution in [2.75, 3.05) is 6.54 Å². The molecule has 0 heterocycles. The van der Waals surface area contributed by atoms with Crippen molar-refractivity contribution < 1.29 is 15.6 Å². The van der Waals surface area contributed by atoms with Crippen LogP contribution in [0.4, 0.5) is 0 Å². The summed E-state index contributed by atoms with van der Waals surface area (Å²) in [5.74, 6) is -0.932. The topological polar surface area (TPSA) is 67.8 Å². The van der Waals surface area contributed by atoms with Gasteiger partial charge in [-0.05, 0) is 19.3 Å². The van der Waals surface area contributed by atoms with Crippen LogP contribution >= 0.6 is 0 Å². The van der Waals surface area contributed by atoms with Gasteiger partial charge in [0.05, 0.1) is 6.54 Å². The summed E-state index contributed by atoms with van der Waals surface area (Å²) in [5.41, 5.74) is 3.68. The van der Waals surface area contributed by atoms with Crippen molar-refractivity contribution in [1.29, 1.82) is 0 Å². The Kier molecular flexibility index (Phi) is 16.1. The minimum atomic E-state index is -0.932. The lowest BCUT2D eigenvalue weighted by molar-refractivity contribution is -0.368. The average molecular weight is 189 g/mol. The Labute approximate surface area is 81.3 Å². The lowest BCUT2D eigenvalue weighted by atomic mass is 10.2. The zero-order valence-corrected chi connectivity index (χ0v) is 8.97. The highest BCUT2D eigenvalue weighted by atomic mass is 16.4. The second kappa shape index (κ2) is 14.0. The summed E-state index contributed by atoms with van der Waals surface area (Å²) in [4.78, 5) is 9.76. The van der Waals surface area contributed by atoms with Crippen LogP contribution in [0.5, 0.6) is 0 Å². The molecule has 13 heavy (non-hydrogen) atoms. The van der Waals surface area contributed by atoms with Crippen molar-refractivity contribution >= 4 is 5.97 Å². The van der Waals surface area contributed by atoms with Crippen LogP contribution in [0.1, 0.15) is 52.4 Å². The van der Waals surface area contributed by atoms with Crippen LogP contribution in [-0.2, 0) is 4.79 Å². The zero-order valence-electron chi connectivity index (χ0n) is 8.97. The molecule has 0 aliphatic heterocycles. The van der Waals surface area contributed by atoms with E-state index in [0.717, 1.165) is 25.8 Å². The summed E-state index contributed by atoms with van der Waals surface area (Å²) in [7, 11) is 0. The Morgan fingerprint density at radius 3 is 1.92 bits per heavy atom. The molecule has 3 nitrogen and oxygen atoms in total. The largest absolute Gasteiger partial charge is 0.550 e. The fraction of sp³-hybridized carbons (Fsp3) is 0.900. The fourth-order valence-electron chi connectivity index (χ4n) is 0.769. The number of rotatable bonds is 6. The molecule has 0 unspecified atom stereocenters. The molecule has 0 aromatic carbocycles. The highest BCUT2D eigenvalue weighted by molar-refractivity contribution is 5.63. The van der Waals surface area contributed by atoms with Crippen molar-refractivity contribution in [3.8, 4) is 0 Å². The normalized spacial score (nSPS) is 8.85. The molecular weight excluding hydrogens is 166 g/mol. The third-order valence-electron chi connectivity index (χ3n) is 1.59. The molecule has 0 amide bonds. The quantitative estimate of drug-likeness (QED) is 0.612. The monoisotopic (exact) mass is 189 g/mol. The van der Waals surface area contributed by atoms with E-state index in [1.165, 1.54) is 12.8 Å². The molecule has 0 saturated heterocycles. The van der Waals surface area contributed by atoms with Gasteiger partial charge in [-0.15, -0.1) is 0 Å². The summed E-state index contributed by atoms with van der Waals surface area (Å²) >= 11 is 0. The first kappa shape index (κ1) is 14.9. The maximum absolute atomic E-state index is 9.76. The summed E-state index contributed by atoms with van der Waals surface area (Å²) in [6.45, 7) is 5.30. The van der Waals surface area contributed by atoms with Crippen LogP contribution in [0.3, 0.4) is 0 Å². The van der Waals surface area contributed by atoms with Crippen molar-refractivity contribution in [3.05, 3.63) is 0 Å². The highest BCUT2D eigenvalue weighted by Gasteiger charge is 1.84. The number of carboxylic acid groups (broad SMARTS) is 1. The maximum Gasteiger partial charge on any atom is 0.0739 e. The molecule has 0 saturated carbocycles. The van der Waals surface area contributed by atoms with E-state index in [9.17, 15) is 9.90 Å². The Morgan fingerprint density at radius 1 is 1.15 bits per heavy atom. The predicted molar refractivity (Wildman–Crippen MR) is 51.8 cm³/mol. The molecule has 0 aromatic rings. The van der Waals surface area contributed by atoms with E-state index >= 15 is 0 Å². The lowest BCUT2D eigenvalue weighted by Crippen LogP contribution is -2.49. The van der Waals surface area contributed by atoms with E-state index in [4.69, 9.17) is 0 Å². The number of unbranched alkanes of at least 4 members (excludes halogenated alkanes) is 3. The minimum absolute atomic E-state index is 0.216. The van der Waals surface area contributed by atoms with Crippen molar-refractivity contribution in [2.24, 2.45) is 0 Å². The Hall–Kier alpha value is -0.570. The van der Waals surface area contributed by atoms with Gasteiger partial charge >= 0.3 is 0 Å². The molecular formula is C10H23NO2. The van der Waals surface area contributed by atoms with Gasteiger partial charge in [0.25, 0.3) is 0 Å². The van der Waals surface area contributed by atoms with Gasteiger partial charge in [-0.1, -0.05) is 33.1 Å². The molecule has 0 fully saturated rings. The summed E-state index contributed by atoms with van der Waals surface area (Å²) in [5, 5.41) is 9.76. The van der Waals surface area contributed by atoms with Crippen LogP contribution in [-0.4, -0.2) is 12.5 Å². The van der Waals surface area contributed by atoms with Crippen molar-refractivity contribution in [1.82, 2.24) is 0 Å². The number of carbonyl (C=O) groups is 1. The molecule has 0 aromatic heterocycles. The van der Waals surface area contributed by atoms with Crippen molar-refractivity contribution in [2.45, 2.75) is 52.4 Å². The third kappa shape index (κ3) is 24.6. The van der Waals surface area contributed by atoms with Gasteiger partial charge in [0.1, 0.15) is 0 Å². The van der Waals surface area contributed by atoms with Crippen LogP contribution < -0.4 is 10.8 Å². The zero-order chi connectivity index (χ0) is 10.5. The number of quaternary nitrogens is 1. The van der Waals surface area contributed by atoms with E-state index in [0.29, 0.717) is 0 Å². The van der Waals surface area contributed by atoms with Gasteiger partial charge in [-0.3, -0.25) is 0 Å². The van der Waals surface area contributed by atoms with Gasteiger partial charge < -0.3 is 15.6 Å². The Bertz CT molecular complexity index is 103. The third-order valence-corrected chi connectivity index (χ3v) is 1.59. The SMILES string of the molecule is CCCCCC(=O)[O-].CCCC[NH3+]. The summed E-state index contributed by atoms with van der Waals surface area (Å²) in [6, 6.07) is 0. The minimum Gasteiger partial charge on any atom is -0.550 e. The van der Waals surface area contributed by atoms with E-state index < -0.39 is 5.97 Å². The summed E-state index contributed by atoms with van der Waals surface area (Å²) in [6.07, 6.45) is 5.59. The molecule has 80 valence electrons. The second-order valence-corrected chi connectivity index (χ2v) is 3.04. The maximum atomic E-state index is 9.76. The van der Waals surface area contributed by atoms with Gasteiger partial charge in [0.2, 0.25) is 0 Å². The van der Waals surface area contributed by atoms with Crippen LogP contribution in [0.25, 0.3) is 0 Å². The van der Waals surface area contributed by atoms with Crippen LogP contribution in [0, 0.1) is 0 Å². The molecule has 0 aliphatic carbocycles. The standard InChI is InChI=1S/C6H12O2.C4H11N/c1-2-3-4-5-6(7)8;1-2-3-4-5/h2-5H2,1H3,(H,7,8);2-5H2,1H3. The second-order valence-electron chi connectivity index (χ2n) is 3.04. The fourth-order valence-corrected chi connectivity index (χ4v) is 0.769. The van der Waals surface area contributed by atoms with E-state index in [1.54, 1.807) is 0 Å². The predicted octanol–water partition coefficient (Wildman–Crippen LogP) is 0.345. The molecule has 3 N–H and O–H groups in total. The number of carboxylic acids is 1. The van der Waals surface area contributed by atoms with E-state index in [2.05, 4.69) is 12.7 Å². The first-order chi connectivity index (χ1) is 6.18.